The van der Waals surface area contributed by atoms with Crippen molar-refractivity contribution < 1.29 is 23.0 Å². The summed E-state index contributed by atoms with van der Waals surface area (Å²) in [5, 5.41) is 9.00. The van der Waals surface area contributed by atoms with Gasteiger partial charge < -0.3 is 9.84 Å². The summed E-state index contributed by atoms with van der Waals surface area (Å²) in [6, 6.07) is 0. The third kappa shape index (κ3) is 7.58. The average Bonchev–Trinajstić information content (AvgIpc) is 2.26. The highest BCUT2D eigenvalue weighted by atomic mass is 32.2. The van der Waals surface area contributed by atoms with Crippen molar-refractivity contribution in [1.29, 1.82) is 0 Å². The number of hydrogen-bond acceptors (Lipinski definition) is 5. The Balaban J connectivity index is 0. The Labute approximate surface area is 112 Å². The summed E-state index contributed by atoms with van der Waals surface area (Å²) < 4.78 is 20.6. The summed E-state index contributed by atoms with van der Waals surface area (Å²) in [7, 11) is 1.33. The molecule has 0 bridgehead atoms. The van der Waals surface area contributed by atoms with Crippen molar-refractivity contribution in [2.75, 3.05) is 19.5 Å². The Kier molecular flexibility index (Phi) is 10.1. The zero-order valence-electron chi connectivity index (χ0n) is 10.6. The molecule has 0 aliphatic rings. The zero-order valence-corrected chi connectivity index (χ0v) is 11.5. The number of ether oxygens (including phenoxy) is 1. The van der Waals surface area contributed by atoms with Gasteiger partial charge in [0.05, 0.1) is 12.9 Å². The molecule has 0 aromatic heterocycles. The molecule has 108 valence electrons. The zero-order chi connectivity index (χ0) is 13.5. The normalized spacial score (nSPS) is 14.9. The van der Waals surface area contributed by atoms with Gasteiger partial charge >= 0.3 is 5.97 Å². The van der Waals surface area contributed by atoms with Crippen LogP contribution < -0.4 is 0 Å². The average molecular weight is 280 g/mol. The fourth-order valence-corrected chi connectivity index (χ4v) is 1.29. The van der Waals surface area contributed by atoms with E-state index in [0.717, 1.165) is 0 Å². The van der Waals surface area contributed by atoms with Crippen LogP contribution in [0.3, 0.4) is 0 Å². The highest BCUT2D eigenvalue weighted by molar-refractivity contribution is 7.80. The molecule has 18 heavy (non-hydrogen) atoms. The fourth-order valence-electron chi connectivity index (χ4n) is 0.905. The highest BCUT2D eigenvalue weighted by Crippen LogP contribution is 2.20. The first kappa shape index (κ1) is 19.6. The molecule has 0 saturated heterocycles. The predicted octanol–water partition coefficient (Wildman–Crippen LogP) is 1.44. The van der Waals surface area contributed by atoms with Crippen molar-refractivity contribution in [1.82, 2.24) is 0 Å². The third-order valence-corrected chi connectivity index (χ3v) is 3.33. The van der Waals surface area contributed by atoms with Gasteiger partial charge in [-0.05, 0) is 13.8 Å². The molecule has 0 saturated carbocycles. The molecule has 0 aromatic rings. The maximum absolute atomic E-state index is 11.4. The molecule has 0 aromatic carbocycles. The lowest BCUT2D eigenvalue weighted by Crippen LogP contribution is -2.36. The Hall–Kier alpha value is -0.720. The Morgan fingerprint density at radius 2 is 2.06 bits per heavy atom. The van der Waals surface area contributed by atoms with Gasteiger partial charge in [0.1, 0.15) is 5.60 Å². The lowest BCUT2D eigenvalue weighted by molar-refractivity contribution is -0.156. The van der Waals surface area contributed by atoms with Gasteiger partial charge in [-0.15, -0.1) is 0 Å². The minimum atomic E-state index is -1.41. The largest absolute Gasteiger partial charge is 0.456 e. The lowest BCUT2D eigenvalue weighted by atomic mass is 9.93. The second-order valence-electron chi connectivity index (χ2n) is 4.15. The van der Waals surface area contributed by atoms with E-state index in [1.807, 2.05) is 0 Å². The molecule has 5 nitrogen and oxygen atoms in total. The van der Waals surface area contributed by atoms with Gasteiger partial charge in [-0.3, -0.25) is 4.18 Å². The van der Waals surface area contributed by atoms with Crippen LogP contribution in [-0.4, -0.2) is 40.4 Å². The number of carbonyl (C=O) groups is 1. The minimum absolute atomic E-state index is 0. The van der Waals surface area contributed by atoms with Crippen molar-refractivity contribution >= 4 is 17.0 Å². The minimum Gasteiger partial charge on any atom is -0.456 e. The number of carbonyl (C=O) groups excluding carboxylic acids is 1. The third-order valence-electron chi connectivity index (χ3n) is 2.50. The number of rotatable bonds is 7. The maximum Gasteiger partial charge on any atom is 0.330 e. The number of hydrogen-bond donors (Lipinski definition) is 1. The Morgan fingerprint density at radius 1 is 1.50 bits per heavy atom. The van der Waals surface area contributed by atoms with Crippen LogP contribution in [0.15, 0.2) is 12.2 Å². The summed E-state index contributed by atoms with van der Waals surface area (Å²) in [6.07, 6.45) is 2.64. The smallest absolute Gasteiger partial charge is 0.330 e. The van der Waals surface area contributed by atoms with Gasteiger partial charge in [0, 0.05) is 18.6 Å². The van der Waals surface area contributed by atoms with Gasteiger partial charge in [-0.25, -0.2) is 9.00 Å². The summed E-state index contributed by atoms with van der Waals surface area (Å²) in [5.74, 6) is -0.543. The van der Waals surface area contributed by atoms with Crippen molar-refractivity contribution in [3.05, 3.63) is 12.2 Å². The van der Waals surface area contributed by atoms with Crippen LogP contribution in [0.2, 0.25) is 0 Å². The fraction of sp³-hybridized carbons (Fsp3) is 0.750. The summed E-state index contributed by atoms with van der Waals surface area (Å²) in [4.78, 5) is 11.4. The van der Waals surface area contributed by atoms with E-state index in [4.69, 9.17) is 9.84 Å². The van der Waals surface area contributed by atoms with Crippen LogP contribution in [0.5, 0.6) is 0 Å². The van der Waals surface area contributed by atoms with E-state index < -0.39 is 22.7 Å². The molecule has 0 amide bonds. The van der Waals surface area contributed by atoms with E-state index in [1.165, 1.54) is 19.3 Å². The van der Waals surface area contributed by atoms with Gasteiger partial charge in [0.25, 0.3) is 0 Å². The molecule has 0 rings (SSSR count). The lowest BCUT2D eigenvalue weighted by Gasteiger charge is -2.29. The van der Waals surface area contributed by atoms with Crippen molar-refractivity contribution in [3.63, 3.8) is 0 Å². The molecular weight excluding hydrogens is 256 g/mol. The molecule has 1 N–H and O–H groups in total. The first-order valence-electron chi connectivity index (χ1n) is 5.26. The number of aliphatic hydroxyl groups excluding tert-OH is 1. The maximum atomic E-state index is 11.4. The van der Waals surface area contributed by atoms with Gasteiger partial charge in [0.15, 0.2) is 11.1 Å². The van der Waals surface area contributed by atoms with E-state index in [2.05, 4.69) is 4.18 Å². The molecule has 6 heteroatoms. The van der Waals surface area contributed by atoms with Crippen LogP contribution in [0, 0.1) is 5.92 Å². The molecular formula is C12H24O5S. The van der Waals surface area contributed by atoms with Crippen molar-refractivity contribution in [2.45, 2.75) is 33.8 Å². The standard InChI is InChI=1S/C11H20O5S.CH4/c1-9(8-12)11(2,3)16-10(13)6-5-7-17(14)15-4;/h5-6,9,12H,7-8H2,1-4H3;1H4/b6-5+;. The van der Waals surface area contributed by atoms with Crippen molar-refractivity contribution in [3.8, 4) is 0 Å². The summed E-state index contributed by atoms with van der Waals surface area (Å²) >= 11 is -1.41. The molecule has 2 atom stereocenters. The van der Waals surface area contributed by atoms with Gasteiger partial charge in [0.2, 0.25) is 0 Å². The first-order valence-corrected chi connectivity index (χ1v) is 6.51. The van der Waals surface area contributed by atoms with Crippen LogP contribution in [0.25, 0.3) is 0 Å². The highest BCUT2D eigenvalue weighted by Gasteiger charge is 2.28. The summed E-state index contributed by atoms with van der Waals surface area (Å²) in [5.41, 5.74) is -0.740. The van der Waals surface area contributed by atoms with Crippen molar-refractivity contribution in [2.24, 2.45) is 5.92 Å². The predicted molar refractivity (Wildman–Crippen MR) is 72.3 cm³/mol. The molecule has 0 aliphatic heterocycles. The molecule has 0 aliphatic carbocycles. The van der Waals surface area contributed by atoms with E-state index >= 15 is 0 Å². The van der Waals surface area contributed by atoms with E-state index in [9.17, 15) is 9.00 Å². The molecule has 0 spiro atoms. The second-order valence-corrected chi connectivity index (χ2v) is 5.42. The molecule has 0 radical (unpaired) electrons. The van der Waals surface area contributed by atoms with E-state index in [0.29, 0.717) is 0 Å². The van der Waals surface area contributed by atoms with Crippen LogP contribution in [0.1, 0.15) is 28.2 Å². The summed E-state index contributed by atoms with van der Waals surface area (Å²) in [6.45, 7) is 5.19. The van der Waals surface area contributed by atoms with Gasteiger partial charge in [-0.2, -0.15) is 0 Å². The molecule has 0 fully saturated rings. The van der Waals surface area contributed by atoms with E-state index in [-0.39, 0.29) is 25.7 Å². The first-order chi connectivity index (χ1) is 7.83. The monoisotopic (exact) mass is 280 g/mol. The topological polar surface area (TPSA) is 72.8 Å². The number of aliphatic hydroxyl groups is 1. The second kappa shape index (κ2) is 9.24. The van der Waals surface area contributed by atoms with E-state index in [1.54, 1.807) is 20.8 Å². The SMILES string of the molecule is C.COS(=O)C/C=C/C(=O)OC(C)(C)C(C)CO. The molecule has 2 unspecified atom stereocenters. The van der Waals surface area contributed by atoms with Gasteiger partial charge in [-0.1, -0.05) is 20.4 Å². The molecule has 0 heterocycles. The Morgan fingerprint density at radius 3 is 2.50 bits per heavy atom. The van der Waals surface area contributed by atoms with Crippen LogP contribution in [-0.2, 0) is 24.8 Å². The van der Waals surface area contributed by atoms with Crippen LogP contribution >= 0.6 is 0 Å². The number of esters is 1. The Bertz CT molecular complexity index is 299. The van der Waals surface area contributed by atoms with Crippen LogP contribution in [0.4, 0.5) is 0 Å². The quantitative estimate of drug-likeness (QED) is 0.564.